The zero-order valence-corrected chi connectivity index (χ0v) is 12.5. The Morgan fingerprint density at radius 1 is 1.19 bits per heavy atom. The molecule has 0 spiro atoms. The molecule has 3 aromatic rings. The van der Waals surface area contributed by atoms with Gasteiger partial charge in [-0.1, -0.05) is 23.7 Å². The first-order valence-electron chi connectivity index (χ1n) is 6.57. The Morgan fingerprint density at radius 2 is 1.95 bits per heavy atom. The number of carbonyl (C=O) groups is 1. The van der Waals surface area contributed by atoms with Crippen molar-refractivity contribution in [3.8, 4) is 5.75 Å². The van der Waals surface area contributed by atoms with Crippen LogP contribution in [0.4, 0.5) is 0 Å². The third-order valence-corrected chi connectivity index (χ3v) is 3.87. The van der Waals surface area contributed by atoms with Crippen LogP contribution >= 0.6 is 11.6 Å². The zero-order valence-electron chi connectivity index (χ0n) is 11.7. The molecule has 0 aliphatic rings. The van der Waals surface area contributed by atoms with E-state index in [1.807, 2.05) is 37.3 Å². The highest BCUT2D eigenvalue weighted by Gasteiger charge is 2.19. The minimum atomic E-state index is -0.0856. The lowest BCUT2D eigenvalue weighted by Crippen LogP contribution is -2.03. The molecule has 2 aromatic carbocycles. The fourth-order valence-electron chi connectivity index (χ4n) is 2.51. The number of ether oxygens (including phenoxy) is 1. The lowest BCUT2D eigenvalue weighted by molar-refractivity contribution is 0.104. The molecular formula is C17H14ClNO2. The number of hydrogen-bond acceptors (Lipinski definition) is 2. The van der Waals surface area contributed by atoms with Gasteiger partial charge in [-0.3, -0.25) is 4.79 Å². The van der Waals surface area contributed by atoms with Crippen molar-refractivity contribution in [3.05, 3.63) is 64.3 Å². The predicted octanol–water partition coefficient (Wildman–Crippen LogP) is 4.37. The van der Waals surface area contributed by atoms with Gasteiger partial charge in [0.25, 0.3) is 0 Å². The van der Waals surface area contributed by atoms with Crippen molar-refractivity contribution in [1.29, 1.82) is 0 Å². The van der Waals surface area contributed by atoms with E-state index in [-0.39, 0.29) is 5.78 Å². The summed E-state index contributed by atoms with van der Waals surface area (Å²) >= 11 is 6.14. The number of carbonyl (C=O) groups excluding carboxylic acids is 1. The summed E-state index contributed by atoms with van der Waals surface area (Å²) in [5.74, 6) is 0.632. The van der Waals surface area contributed by atoms with Gasteiger partial charge in [-0.15, -0.1) is 0 Å². The van der Waals surface area contributed by atoms with Crippen molar-refractivity contribution in [3.63, 3.8) is 0 Å². The molecule has 106 valence electrons. The number of nitrogens with one attached hydrogen (secondary N) is 1. The Bertz CT molecular complexity index is 836. The number of H-pyrrole nitrogens is 1. The quantitative estimate of drug-likeness (QED) is 0.730. The molecule has 0 saturated carbocycles. The van der Waals surface area contributed by atoms with Gasteiger partial charge in [-0.2, -0.15) is 0 Å². The third kappa shape index (κ3) is 2.30. The van der Waals surface area contributed by atoms with E-state index in [1.54, 1.807) is 19.2 Å². The number of hydrogen-bond donors (Lipinski definition) is 1. The molecule has 0 atom stereocenters. The smallest absolute Gasteiger partial charge is 0.196 e. The summed E-state index contributed by atoms with van der Waals surface area (Å²) in [7, 11) is 1.61. The van der Waals surface area contributed by atoms with Crippen LogP contribution in [0.2, 0.25) is 5.02 Å². The van der Waals surface area contributed by atoms with Crippen LogP contribution in [0.3, 0.4) is 0 Å². The summed E-state index contributed by atoms with van der Waals surface area (Å²) in [6.45, 7) is 1.89. The Balaban J connectivity index is 2.22. The highest BCUT2D eigenvalue weighted by Crippen LogP contribution is 2.29. The molecule has 21 heavy (non-hydrogen) atoms. The molecule has 0 unspecified atom stereocenters. The topological polar surface area (TPSA) is 42.1 Å². The predicted molar refractivity (Wildman–Crippen MR) is 84.5 cm³/mol. The van der Waals surface area contributed by atoms with Crippen molar-refractivity contribution in [2.45, 2.75) is 6.92 Å². The van der Waals surface area contributed by atoms with Gasteiger partial charge in [0.05, 0.1) is 17.7 Å². The van der Waals surface area contributed by atoms with Crippen molar-refractivity contribution in [2.75, 3.05) is 7.11 Å². The number of aryl methyl sites for hydroxylation is 1. The van der Waals surface area contributed by atoms with E-state index in [0.29, 0.717) is 16.1 Å². The van der Waals surface area contributed by atoms with Crippen LogP contribution in [-0.4, -0.2) is 17.9 Å². The lowest BCUT2D eigenvalue weighted by atomic mass is 10.0. The van der Waals surface area contributed by atoms with Crippen LogP contribution in [0.5, 0.6) is 5.75 Å². The highest BCUT2D eigenvalue weighted by atomic mass is 35.5. The molecule has 0 aliphatic heterocycles. The van der Waals surface area contributed by atoms with Gasteiger partial charge in [0.15, 0.2) is 5.78 Å². The van der Waals surface area contributed by atoms with Crippen LogP contribution in [0.25, 0.3) is 10.9 Å². The van der Waals surface area contributed by atoms with Crippen molar-refractivity contribution < 1.29 is 9.53 Å². The average Bonchev–Trinajstić information content (AvgIpc) is 2.81. The van der Waals surface area contributed by atoms with E-state index < -0.39 is 0 Å². The number of fused-ring (bicyclic) bond motifs is 1. The van der Waals surface area contributed by atoms with Gasteiger partial charge in [0, 0.05) is 22.2 Å². The standard InChI is InChI=1S/C17H14ClNO2/c1-10-16(17(20)12-5-3-4-6-14(12)18)13-9-11(21-2)7-8-15(13)19-10/h3-9,19H,1-2H3. The molecule has 3 nitrogen and oxygen atoms in total. The highest BCUT2D eigenvalue weighted by molar-refractivity contribution is 6.35. The molecule has 4 heteroatoms. The van der Waals surface area contributed by atoms with Crippen LogP contribution in [0, 0.1) is 6.92 Å². The first-order valence-corrected chi connectivity index (χ1v) is 6.95. The molecule has 0 fully saturated rings. The summed E-state index contributed by atoms with van der Waals surface area (Å²) in [6.07, 6.45) is 0. The molecule has 0 bridgehead atoms. The Hall–Kier alpha value is -2.26. The lowest BCUT2D eigenvalue weighted by Gasteiger charge is -2.04. The molecule has 3 rings (SSSR count). The van der Waals surface area contributed by atoms with E-state index in [0.717, 1.165) is 22.3 Å². The summed E-state index contributed by atoms with van der Waals surface area (Å²) in [5, 5.41) is 1.30. The second-order valence-corrected chi connectivity index (χ2v) is 5.25. The first kappa shape index (κ1) is 13.7. The first-order chi connectivity index (χ1) is 10.1. The number of halogens is 1. The summed E-state index contributed by atoms with van der Waals surface area (Å²) in [5.41, 5.74) is 2.87. The van der Waals surface area contributed by atoms with E-state index >= 15 is 0 Å². The maximum absolute atomic E-state index is 12.8. The fraction of sp³-hybridized carbons (Fsp3) is 0.118. The molecule has 1 heterocycles. The Morgan fingerprint density at radius 3 is 2.67 bits per heavy atom. The van der Waals surface area contributed by atoms with E-state index in [4.69, 9.17) is 16.3 Å². The molecule has 1 aromatic heterocycles. The van der Waals surface area contributed by atoms with Crippen molar-refractivity contribution in [1.82, 2.24) is 4.98 Å². The maximum atomic E-state index is 12.8. The van der Waals surface area contributed by atoms with Crippen LogP contribution in [0.15, 0.2) is 42.5 Å². The zero-order chi connectivity index (χ0) is 15.0. The number of methoxy groups -OCH3 is 1. The molecule has 1 N–H and O–H groups in total. The normalized spacial score (nSPS) is 10.8. The average molecular weight is 300 g/mol. The van der Waals surface area contributed by atoms with Crippen LogP contribution in [-0.2, 0) is 0 Å². The number of benzene rings is 2. The van der Waals surface area contributed by atoms with E-state index in [9.17, 15) is 4.79 Å². The van der Waals surface area contributed by atoms with Gasteiger partial charge in [-0.05, 0) is 37.3 Å². The van der Waals surface area contributed by atoms with Crippen molar-refractivity contribution >= 4 is 28.3 Å². The van der Waals surface area contributed by atoms with E-state index in [2.05, 4.69) is 4.98 Å². The second kappa shape index (κ2) is 5.26. The number of aromatic amines is 1. The Labute approximate surface area is 127 Å². The van der Waals surface area contributed by atoms with Gasteiger partial charge in [-0.25, -0.2) is 0 Å². The summed E-state index contributed by atoms with van der Waals surface area (Å²) in [6, 6.07) is 12.7. The largest absolute Gasteiger partial charge is 0.497 e. The van der Waals surface area contributed by atoms with Gasteiger partial charge in [0.1, 0.15) is 5.75 Å². The third-order valence-electron chi connectivity index (χ3n) is 3.54. The minimum absolute atomic E-state index is 0.0856. The van der Waals surface area contributed by atoms with Gasteiger partial charge >= 0.3 is 0 Å². The van der Waals surface area contributed by atoms with Crippen molar-refractivity contribution in [2.24, 2.45) is 0 Å². The monoisotopic (exact) mass is 299 g/mol. The molecular weight excluding hydrogens is 286 g/mol. The summed E-state index contributed by atoms with van der Waals surface area (Å²) < 4.78 is 5.24. The van der Waals surface area contributed by atoms with Crippen LogP contribution < -0.4 is 4.74 Å². The molecule has 0 saturated heterocycles. The SMILES string of the molecule is COc1ccc2[nH]c(C)c(C(=O)c3ccccc3Cl)c2c1. The maximum Gasteiger partial charge on any atom is 0.196 e. The van der Waals surface area contributed by atoms with E-state index in [1.165, 1.54) is 0 Å². The second-order valence-electron chi connectivity index (χ2n) is 4.85. The molecule has 0 amide bonds. The fourth-order valence-corrected chi connectivity index (χ4v) is 2.73. The van der Waals surface area contributed by atoms with Gasteiger partial charge < -0.3 is 9.72 Å². The number of aromatic nitrogens is 1. The molecule has 0 radical (unpaired) electrons. The van der Waals surface area contributed by atoms with Gasteiger partial charge in [0.2, 0.25) is 0 Å². The molecule has 0 aliphatic carbocycles. The number of rotatable bonds is 3. The summed E-state index contributed by atoms with van der Waals surface area (Å²) in [4.78, 5) is 16.0. The minimum Gasteiger partial charge on any atom is -0.497 e. The van der Waals surface area contributed by atoms with Crippen LogP contribution in [0.1, 0.15) is 21.6 Å². The Kier molecular flexibility index (Phi) is 3.43. The number of ketones is 1.